The Bertz CT molecular complexity index is 538. The van der Waals surface area contributed by atoms with Crippen molar-refractivity contribution in [3.63, 3.8) is 0 Å². The van der Waals surface area contributed by atoms with Crippen LogP contribution in [0.1, 0.15) is 21.1 Å². The van der Waals surface area contributed by atoms with Gasteiger partial charge in [0.2, 0.25) is 5.13 Å². The molecule has 0 fully saturated rings. The van der Waals surface area contributed by atoms with Crippen LogP contribution in [0.4, 0.5) is 5.69 Å². The smallest absolute Gasteiger partial charge is 0.358 e. The lowest BCUT2D eigenvalue weighted by Crippen LogP contribution is -2.02. The fraction of sp³-hybridized carbons (Fsp3) is 0.222. The molecule has 0 bridgehead atoms. The van der Waals surface area contributed by atoms with E-state index < -0.39 is 5.97 Å². The Morgan fingerprint density at radius 3 is 2.69 bits per heavy atom. The van der Waals surface area contributed by atoms with E-state index in [1.165, 1.54) is 22.2 Å². The maximum Gasteiger partial charge on any atom is 0.358 e. The molecule has 0 amide bonds. The average molecular weight is 238 g/mol. The van der Waals surface area contributed by atoms with Gasteiger partial charge in [-0.05, 0) is 13.8 Å². The van der Waals surface area contributed by atoms with E-state index in [4.69, 9.17) is 10.8 Å². The van der Waals surface area contributed by atoms with Crippen molar-refractivity contribution in [3.8, 4) is 5.13 Å². The number of nitrogen functional groups attached to an aromatic ring is 1. The van der Waals surface area contributed by atoms with E-state index in [-0.39, 0.29) is 11.4 Å². The number of carboxylic acid groups (broad SMARTS) is 1. The molecule has 0 saturated carbocycles. The molecular formula is C9H10N4O2S. The molecule has 84 valence electrons. The number of nitrogens with zero attached hydrogens (tertiary/aromatic N) is 3. The zero-order valence-corrected chi connectivity index (χ0v) is 9.58. The molecule has 7 heteroatoms. The highest BCUT2D eigenvalue weighted by Gasteiger charge is 2.15. The van der Waals surface area contributed by atoms with Crippen LogP contribution in [-0.2, 0) is 0 Å². The summed E-state index contributed by atoms with van der Waals surface area (Å²) in [7, 11) is 0. The van der Waals surface area contributed by atoms with Crippen molar-refractivity contribution in [1.29, 1.82) is 0 Å². The van der Waals surface area contributed by atoms with E-state index in [1.54, 1.807) is 0 Å². The van der Waals surface area contributed by atoms with Crippen molar-refractivity contribution >= 4 is 23.0 Å². The predicted octanol–water partition coefficient (Wildman–Crippen LogP) is 1.23. The Morgan fingerprint density at radius 2 is 2.25 bits per heavy atom. The Hall–Kier alpha value is -1.89. The third kappa shape index (κ3) is 1.65. The minimum absolute atomic E-state index is 0.137. The predicted molar refractivity (Wildman–Crippen MR) is 60.1 cm³/mol. The summed E-state index contributed by atoms with van der Waals surface area (Å²) in [5.74, 6) is -1.14. The number of anilines is 1. The quantitative estimate of drug-likeness (QED) is 0.820. The van der Waals surface area contributed by atoms with Gasteiger partial charge in [-0.1, -0.05) is 11.3 Å². The number of hydrogen-bond donors (Lipinski definition) is 2. The van der Waals surface area contributed by atoms with Gasteiger partial charge >= 0.3 is 5.97 Å². The number of aryl methyl sites for hydroxylation is 2. The molecule has 0 radical (unpaired) electrons. The summed E-state index contributed by atoms with van der Waals surface area (Å²) in [6.07, 6.45) is 1.46. The SMILES string of the molecule is Cc1nc(-n2cc(N)c(C(=O)O)n2)sc1C. The number of rotatable bonds is 2. The summed E-state index contributed by atoms with van der Waals surface area (Å²) < 4.78 is 1.39. The summed E-state index contributed by atoms with van der Waals surface area (Å²) in [5.41, 5.74) is 6.43. The monoisotopic (exact) mass is 238 g/mol. The molecule has 2 aromatic rings. The van der Waals surface area contributed by atoms with Crippen LogP contribution in [0.2, 0.25) is 0 Å². The van der Waals surface area contributed by atoms with Crippen molar-refractivity contribution in [1.82, 2.24) is 14.8 Å². The highest BCUT2D eigenvalue weighted by atomic mass is 32.1. The van der Waals surface area contributed by atoms with Crippen molar-refractivity contribution < 1.29 is 9.90 Å². The van der Waals surface area contributed by atoms with Gasteiger partial charge in [0.05, 0.1) is 17.6 Å². The second-order valence-electron chi connectivity index (χ2n) is 3.32. The van der Waals surface area contributed by atoms with E-state index in [9.17, 15) is 4.79 Å². The highest BCUT2D eigenvalue weighted by molar-refractivity contribution is 7.14. The van der Waals surface area contributed by atoms with Gasteiger partial charge in [-0.3, -0.25) is 0 Å². The van der Waals surface area contributed by atoms with Crippen LogP contribution < -0.4 is 5.73 Å². The second kappa shape index (κ2) is 3.60. The van der Waals surface area contributed by atoms with E-state index >= 15 is 0 Å². The number of hydrogen-bond acceptors (Lipinski definition) is 5. The number of aromatic carboxylic acids is 1. The third-order valence-corrected chi connectivity index (χ3v) is 3.22. The van der Waals surface area contributed by atoms with E-state index in [1.807, 2.05) is 13.8 Å². The first-order valence-electron chi connectivity index (χ1n) is 4.52. The summed E-state index contributed by atoms with van der Waals surface area (Å²) in [6.45, 7) is 3.84. The second-order valence-corrected chi connectivity index (χ2v) is 4.50. The lowest BCUT2D eigenvalue weighted by atomic mass is 10.4. The normalized spacial score (nSPS) is 10.6. The minimum Gasteiger partial charge on any atom is -0.476 e. The molecule has 16 heavy (non-hydrogen) atoms. The average Bonchev–Trinajstić information content (AvgIpc) is 2.71. The van der Waals surface area contributed by atoms with Gasteiger partial charge in [-0.25, -0.2) is 14.5 Å². The van der Waals surface area contributed by atoms with Gasteiger partial charge in [0.15, 0.2) is 5.69 Å². The largest absolute Gasteiger partial charge is 0.476 e. The summed E-state index contributed by atoms with van der Waals surface area (Å²) >= 11 is 1.44. The summed E-state index contributed by atoms with van der Waals surface area (Å²) in [6, 6.07) is 0. The maximum atomic E-state index is 10.8. The molecule has 0 aliphatic carbocycles. The Kier molecular flexibility index (Phi) is 2.39. The molecule has 0 aromatic carbocycles. The Balaban J connectivity index is 2.49. The molecular weight excluding hydrogens is 228 g/mol. The van der Waals surface area contributed by atoms with Crippen LogP contribution >= 0.6 is 11.3 Å². The number of thiazole rings is 1. The fourth-order valence-electron chi connectivity index (χ4n) is 1.21. The first-order chi connectivity index (χ1) is 7.49. The van der Waals surface area contributed by atoms with Crippen LogP contribution in [0, 0.1) is 13.8 Å². The molecule has 2 aromatic heterocycles. The van der Waals surface area contributed by atoms with Crippen molar-refractivity contribution in [2.75, 3.05) is 5.73 Å². The van der Waals surface area contributed by atoms with E-state index in [0.29, 0.717) is 5.13 Å². The van der Waals surface area contributed by atoms with Crippen molar-refractivity contribution in [3.05, 3.63) is 22.5 Å². The standard InChI is InChI=1S/C9H10N4O2S/c1-4-5(2)16-9(11-4)13-3-6(10)7(12-13)8(14)15/h3H,10H2,1-2H3,(H,14,15). The number of aromatic nitrogens is 3. The zero-order chi connectivity index (χ0) is 11.9. The first-order valence-corrected chi connectivity index (χ1v) is 5.33. The molecule has 6 nitrogen and oxygen atoms in total. The van der Waals surface area contributed by atoms with Gasteiger partial charge in [0, 0.05) is 4.88 Å². The molecule has 0 saturated heterocycles. The lowest BCUT2D eigenvalue weighted by Gasteiger charge is -1.91. The molecule has 2 heterocycles. The van der Waals surface area contributed by atoms with Crippen LogP contribution in [0.15, 0.2) is 6.20 Å². The third-order valence-electron chi connectivity index (χ3n) is 2.16. The number of carbonyl (C=O) groups is 1. The fourth-order valence-corrected chi connectivity index (χ4v) is 2.04. The Labute approximate surface area is 95.3 Å². The Morgan fingerprint density at radius 1 is 1.56 bits per heavy atom. The molecule has 2 rings (SSSR count). The molecule has 3 N–H and O–H groups in total. The van der Waals surface area contributed by atoms with Crippen molar-refractivity contribution in [2.45, 2.75) is 13.8 Å². The number of carboxylic acids is 1. The van der Waals surface area contributed by atoms with E-state index in [2.05, 4.69) is 10.1 Å². The zero-order valence-electron chi connectivity index (χ0n) is 8.76. The van der Waals surface area contributed by atoms with Gasteiger partial charge in [0.25, 0.3) is 0 Å². The highest BCUT2D eigenvalue weighted by Crippen LogP contribution is 2.21. The topological polar surface area (TPSA) is 94.0 Å². The molecule has 0 spiro atoms. The van der Waals surface area contributed by atoms with E-state index in [0.717, 1.165) is 10.6 Å². The maximum absolute atomic E-state index is 10.8. The van der Waals surface area contributed by atoms with Crippen molar-refractivity contribution in [2.24, 2.45) is 0 Å². The molecule has 0 atom stereocenters. The van der Waals surface area contributed by atoms with Crippen LogP contribution in [0.3, 0.4) is 0 Å². The van der Waals surface area contributed by atoms with Gasteiger partial charge in [-0.2, -0.15) is 5.10 Å². The first kappa shape index (κ1) is 10.6. The minimum atomic E-state index is -1.14. The molecule has 0 aliphatic heterocycles. The van der Waals surface area contributed by atoms with Crippen LogP contribution in [0.25, 0.3) is 5.13 Å². The summed E-state index contributed by atoms with van der Waals surface area (Å²) in [5, 5.41) is 13.3. The van der Waals surface area contributed by atoms with Gasteiger partial charge in [0.1, 0.15) is 0 Å². The lowest BCUT2D eigenvalue weighted by molar-refractivity contribution is 0.0691. The van der Waals surface area contributed by atoms with Gasteiger partial charge in [-0.15, -0.1) is 0 Å². The van der Waals surface area contributed by atoms with Crippen LogP contribution in [0.5, 0.6) is 0 Å². The number of nitrogens with two attached hydrogens (primary N) is 1. The summed E-state index contributed by atoms with van der Waals surface area (Å²) in [4.78, 5) is 16.1. The van der Waals surface area contributed by atoms with Gasteiger partial charge < -0.3 is 10.8 Å². The van der Waals surface area contributed by atoms with Crippen LogP contribution in [-0.4, -0.2) is 25.8 Å². The molecule has 0 unspecified atom stereocenters. The molecule has 0 aliphatic rings.